The maximum Gasteiger partial charge on any atom is 0.232 e. The van der Waals surface area contributed by atoms with Gasteiger partial charge in [0.05, 0.1) is 12.9 Å². The number of carbonyl (C=O) groups excluding carboxylic acids is 1. The first-order valence-corrected chi connectivity index (χ1v) is 9.94. The van der Waals surface area contributed by atoms with Crippen molar-refractivity contribution in [2.24, 2.45) is 0 Å². The van der Waals surface area contributed by atoms with E-state index in [0.717, 1.165) is 24.2 Å². The average Bonchev–Trinajstić information content (AvgIpc) is 2.50. The van der Waals surface area contributed by atoms with E-state index >= 15 is 0 Å². The topological polar surface area (TPSA) is 55.4 Å². The molecule has 0 heterocycles. The van der Waals surface area contributed by atoms with Crippen molar-refractivity contribution in [3.8, 4) is 5.75 Å². The zero-order chi connectivity index (χ0) is 16.5. The van der Waals surface area contributed by atoms with Gasteiger partial charge in [-0.2, -0.15) is 0 Å². The fourth-order valence-electron chi connectivity index (χ4n) is 3.06. The molecule has 1 aromatic rings. The Labute approximate surface area is 141 Å². The van der Waals surface area contributed by atoms with Crippen LogP contribution >= 0.6 is 0 Å². The molecule has 1 N–H and O–H groups in total. The third kappa shape index (κ3) is 6.34. The molecule has 4 nitrogen and oxygen atoms in total. The highest BCUT2D eigenvalue weighted by Gasteiger charge is 2.16. The molecule has 0 radical (unpaired) electrons. The second-order valence-corrected chi connectivity index (χ2v) is 7.61. The molecule has 0 unspecified atom stereocenters. The molecule has 1 aromatic carbocycles. The van der Waals surface area contributed by atoms with E-state index in [1.54, 1.807) is 7.11 Å². The number of benzene rings is 1. The molecule has 5 heteroatoms. The Morgan fingerprint density at radius 3 is 2.52 bits per heavy atom. The summed E-state index contributed by atoms with van der Waals surface area (Å²) in [5, 5.41) is 3.07. The summed E-state index contributed by atoms with van der Waals surface area (Å²) in [6.45, 7) is 0. The Kier molecular flexibility index (Phi) is 7.59. The predicted octanol–water partition coefficient (Wildman–Crippen LogP) is 3.17. The van der Waals surface area contributed by atoms with Crippen LogP contribution in [-0.2, 0) is 21.3 Å². The van der Waals surface area contributed by atoms with Gasteiger partial charge in [0.15, 0.2) is 0 Å². The molecule has 2 rings (SSSR count). The van der Waals surface area contributed by atoms with E-state index in [9.17, 15) is 9.00 Å². The number of carbonyl (C=O) groups is 1. The molecule has 1 saturated carbocycles. The Balaban J connectivity index is 1.80. The van der Waals surface area contributed by atoms with Crippen molar-refractivity contribution in [2.75, 3.05) is 12.9 Å². The summed E-state index contributed by atoms with van der Waals surface area (Å²) in [7, 11) is 0.383. The number of methoxy groups -OCH3 is 1. The lowest BCUT2D eigenvalue weighted by molar-refractivity contribution is -0.119. The Hall–Kier alpha value is -1.36. The van der Waals surface area contributed by atoms with E-state index in [4.69, 9.17) is 4.74 Å². The minimum absolute atomic E-state index is 0.0640. The SMILES string of the molecule is COc1ccccc1C[S@@](=O)CC(=O)NC1CCCCCCC1. The van der Waals surface area contributed by atoms with Crippen molar-refractivity contribution in [1.29, 1.82) is 0 Å². The standard InChI is InChI=1S/C18H27NO3S/c1-22-17-12-8-7-9-15(17)13-23(21)14-18(20)19-16-10-5-3-2-4-6-11-16/h7-9,12,16H,2-6,10-11,13-14H2,1H3,(H,19,20)/t23-/m1/s1. The molecule has 1 atom stereocenters. The van der Waals surface area contributed by atoms with Crippen molar-refractivity contribution in [1.82, 2.24) is 5.32 Å². The van der Waals surface area contributed by atoms with Crippen molar-refractivity contribution in [3.63, 3.8) is 0 Å². The van der Waals surface area contributed by atoms with Gasteiger partial charge in [-0.25, -0.2) is 0 Å². The predicted molar refractivity (Wildman–Crippen MR) is 94.0 cm³/mol. The van der Waals surface area contributed by atoms with Crippen LogP contribution < -0.4 is 10.1 Å². The minimum atomic E-state index is -1.22. The first-order chi connectivity index (χ1) is 11.2. The number of ether oxygens (including phenoxy) is 1. The molecule has 0 saturated heterocycles. The Morgan fingerprint density at radius 1 is 1.17 bits per heavy atom. The summed E-state index contributed by atoms with van der Waals surface area (Å²) in [6, 6.07) is 7.77. The smallest absolute Gasteiger partial charge is 0.232 e. The van der Waals surface area contributed by atoms with Gasteiger partial charge in [-0.15, -0.1) is 0 Å². The van der Waals surface area contributed by atoms with Gasteiger partial charge in [0.25, 0.3) is 0 Å². The second kappa shape index (κ2) is 9.71. The number of rotatable bonds is 6. The van der Waals surface area contributed by atoms with Gasteiger partial charge < -0.3 is 10.1 Å². The fourth-order valence-corrected chi connectivity index (χ4v) is 4.13. The summed E-state index contributed by atoms with van der Waals surface area (Å²) in [5.41, 5.74) is 0.882. The largest absolute Gasteiger partial charge is 0.496 e. The number of para-hydroxylation sites is 1. The molecule has 128 valence electrons. The van der Waals surface area contributed by atoms with Gasteiger partial charge in [-0.1, -0.05) is 50.3 Å². The van der Waals surface area contributed by atoms with E-state index in [2.05, 4.69) is 5.32 Å². The lowest BCUT2D eigenvalue weighted by Gasteiger charge is -2.21. The van der Waals surface area contributed by atoms with E-state index in [1.165, 1.54) is 32.1 Å². The molecular weight excluding hydrogens is 310 g/mol. The lowest BCUT2D eigenvalue weighted by Crippen LogP contribution is -2.38. The highest BCUT2D eigenvalue weighted by molar-refractivity contribution is 7.84. The maximum absolute atomic E-state index is 12.3. The van der Waals surface area contributed by atoms with Crippen LogP contribution in [0, 0.1) is 0 Å². The first-order valence-electron chi connectivity index (χ1n) is 8.45. The van der Waals surface area contributed by atoms with E-state index in [-0.39, 0.29) is 17.7 Å². The highest BCUT2D eigenvalue weighted by Crippen LogP contribution is 2.19. The molecule has 23 heavy (non-hydrogen) atoms. The summed E-state index contributed by atoms with van der Waals surface area (Å²) >= 11 is 0. The third-order valence-corrected chi connectivity index (χ3v) is 5.49. The summed E-state index contributed by atoms with van der Waals surface area (Å²) in [4.78, 5) is 12.1. The maximum atomic E-state index is 12.3. The minimum Gasteiger partial charge on any atom is -0.496 e. The Morgan fingerprint density at radius 2 is 1.83 bits per heavy atom. The van der Waals surface area contributed by atoms with E-state index in [1.807, 2.05) is 24.3 Å². The third-order valence-electron chi connectivity index (χ3n) is 4.27. The number of nitrogens with one attached hydrogen (secondary N) is 1. The van der Waals surface area contributed by atoms with E-state index in [0.29, 0.717) is 5.75 Å². The molecule has 1 aliphatic rings. The highest BCUT2D eigenvalue weighted by atomic mass is 32.2. The van der Waals surface area contributed by atoms with Crippen LogP contribution in [0.1, 0.15) is 50.5 Å². The number of amides is 1. The van der Waals surface area contributed by atoms with Crippen LogP contribution in [0.4, 0.5) is 0 Å². The van der Waals surface area contributed by atoms with Gasteiger partial charge in [-0.05, 0) is 18.9 Å². The van der Waals surface area contributed by atoms with Crippen LogP contribution in [0.3, 0.4) is 0 Å². The van der Waals surface area contributed by atoms with Gasteiger partial charge in [-0.3, -0.25) is 9.00 Å². The normalized spacial score (nSPS) is 17.8. The van der Waals surface area contributed by atoms with Crippen molar-refractivity contribution < 1.29 is 13.7 Å². The monoisotopic (exact) mass is 337 g/mol. The molecule has 1 aliphatic carbocycles. The Bertz CT molecular complexity index is 525. The molecule has 1 amide bonds. The second-order valence-electron chi connectivity index (χ2n) is 6.15. The number of hydrogen-bond acceptors (Lipinski definition) is 3. The van der Waals surface area contributed by atoms with Gasteiger partial charge >= 0.3 is 0 Å². The summed E-state index contributed by atoms with van der Waals surface area (Å²) in [5.74, 6) is 1.04. The molecule has 1 fully saturated rings. The van der Waals surface area contributed by atoms with Crippen molar-refractivity contribution in [3.05, 3.63) is 29.8 Å². The van der Waals surface area contributed by atoms with Crippen LogP contribution in [0.5, 0.6) is 5.75 Å². The fraction of sp³-hybridized carbons (Fsp3) is 0.611. The van der Waals surface area contributed by atoms with Gasteiger partial charge in [0.1, 0.15) is 11.5 Å². The summed E-state index contributed by atoms with van der Waals surface area (Å²) in [6.07, 6.45) is 8.27. The molecule has 0 bridgehead atoms. The van der Waals surface area contributed by atoms with Gasteiger partial charge in [0.2, 0.25) is 5.91 Å². The van der Waals surface area contributed by atoms with Crippen molar-refractivity contribution >= 4 is 16.7 Å². The molecular formula is C18H27NO3S. The van der Waals surface area contributed by atoms with Gasteiger partial charge in [0, 0.05) is 22.4 Å². The summed E-state index contributed by atoms with van der Waals surface area (Å²) < 4.78 is 17.5. The van der Waals surface area contributed by atoms with Crippen LogP contribution in [0.15, 0.2) is 24.3 Å². The number of hydrogen-bond donors (Lipinski definition) is 1. The van der Waals surface area contributed by atoms with E-state index < -0.39 is 10.8 Å². The lowest BCUT2D eigenvalue weighted by atomic mass is 9.97. The quantitative estimate of drug-likeness (QED) is 0.867. The van der Waals surface area contributed by atoms with Crippen LogP contribution in [0.2, 0.25) is 0 Å². The molecule has 0 aliphatic heterocycles. The first kappa shape index (κ1) is 18.0. The average molecular weight is 337 g/mol. The van der Waals surface area contributed by atoms with Crippen LogP contribution in [0.25, 0.3) is 0 Å². The zero-order valence-corrected chi connectivity index (χ0v) is 14.7. The zero-order valence-electron chi connectivity index (χ0n) is 13.9. The van der Waals surface area contributed by atoms with Crippen LogP contribution in [-0.4, -0.2) is 29.0 Å². The molecule has 0 aromatic heterocycles. The molecule has 0 spiro atoms. The van der Waals surface area contributed by atoms with Crippen molar-refractivity contribution in [2.45, 2.75) is 56.7 Å².